The van der Waals surface area contributed by atoms with E-state index in [1.54, 1.807) is 12.1 Å². The van der Waals surface area contributed by atoms with E-state index in [0.29, 0.717) is 22.4 Å². The minimum atomic E-state index is -1.29. The first kappa shape index (κ1) is 23.7. The lowest BCUT2D eigenvalue weighted by molar-refractivity contribution is 0.0676. The Hall–Kier alpha value is -5.45. The summed E-state index contributed by atoms with van der Waals surface area (Å²) in [6, 6.07) is 10.6. The van der Waals surface area contributed by atoms with Gasteiger partial charge in [0.1, 0.15) is 0 Å². The van der Waals surface area contributed by atoms with Crippen LogP contribution in [0.3, 0.4) is 0 Å². The van der Waals surface area contributed by atoms with E-state index < -0.39 is 23.9 Å². The molecule has 0 fully saturated rings. The lowest BCUT2D eigenvalue weighted by Crippen LogP contribution is -2.04. The van der Waals surface area contributed by atoms with Crippen LogP contribution in [0.1, 0.15) is 41.4 Å². The number of rotatable bonds is 7. The number of hydrogen-bond donors (Lipinski definition) is 4. The number of benzene rings is 2. The zero-order chi connectivity index (χ0) is 26.0. The van der Waals surface area contributed by atoms with Gasteiger partial charge >= 0.3 is 23.9 Å². The fourth-order valence-electron chi connectivity index (χ4n) is 3.39. The van der Waals surface area contributed by atoms with E-state index in [9.17, 15) is 39.6 Å². The fraction of sp³-hybridized carbons (Fsp3) is 0. The SMILES string of the molecule is O=C(O)c1cc(C(=O)O)cc(-c2ccc(-c3cnc(-c4cc(C(=O)O)cc(C(=O)O)c4)nc3)nc2)c1. The molecule has 2 aromatic carbocycles. The van der Waals surface area contributed by atoms with Gasteiger partial charge in [-0.3, -0.25) is 4.98 Å². The van der Waals surface area contributed by atoms with Crippen molar-refractivity contribution in [2.45, 2.75) is 0 Å². The molecule has 0 unspecified atom stereocenters. The first-order chi connectivity index (χ1) is 17.1. The first-order valence-electron chi connectivity index (χ1n) is 10.1. The molecular weight excluding hydrogens is 470 g/mol. The molecule has 0 saturated carbocycles. The molecule has 4 aromatic rings. The highest BCUT2D eigenvalue weighted by Gasteiger charge is 2.15. The number of aromatic carboxylic acids is 4. The van der Waals surface area contributed by atoms with Gasteiger partial charge in [-0.2, -0.15) is 0 Å². The second kappa shape index (κ2) is 9.43. The maximum atomic E-state index is 11.4. The van der Waals surface area contributed by atoms with Gasteiger partial charge in [-0.05, 0) is 48.0 Å². The standard InChI is InChI=1S/C25H15N3O8/c29-22(30)15-3-13(4-16(7-15)23(31)32)12-1-2-20(26-9-12)19-10-27-21(28-11-19)14-5-17(24(33)34)8-18(6-14)25(35)36/h1-11H,(H,29,30)(H,31,32)(H,33,34)(H,35,36). The number of nitrogens with zero attached hydrogens (tertiary/aromatic N) is 3. The number of carbonyl (C=O) groups is 4. The minimum absolute atomic E-state index is 0.118. The largest absolute Gasteiger partial charge is 0.478 e. The van der Waals surface area contributed by atoms with Crippen LogP contribution in [0.15, 0.2) is 67.1 Å². The predicted molar refractivity (Wildman–Crippen MR) is 124 cm³/mol. The molecule has 0 spiro atoms. The molecule has 0 radical (unpaired) electrons. The van der Waals surface area contributed by atoms with E-state index in [1.807, 2.05) is 0 Å². The highest BCUT2D eigenvalue weighted by Crippen LogP contribution is 2.26. The number of hydrogen-bond acceptors (Lipinski definition) is 7. The maximum Gasteiger partial charge on any atom is 0.335 e. The van der Waals surface area contributed by atoms with Crippen LogP contribution in [0.25, 0.3) is 33.8 Å². The summed E-state index contributed by atoms with van der Waals surface area (Å²) in [4.78, 5) is 58.1. The quantitative estimate of drug-likeness (QED) is 0.299. The Kier molecular flexibility index (Phi) is 6.21. The van der Waals surface area contributed by atoms with Crippen molar-refractivity contribution < 1.29 is 39.6 Å². The van der Waals surface area contributed by atoms with Gasteiger partial charge in [-0.1, -0.05) is 6.07 Å². The van der Waals surface area contributed by atoms with Crippen LogP contribution in [0.2, 0.25) is 0 Å². The molecule has 0 bridgehead atoms. The molecule has 36 heavy (non-hydrogen) atoms. The van der Waals surface area contributed by atoms with Crippen LogP contribution in [0.4, 0.5) is 0 Å². The van der Waals surface area contributed by atoms with Crippen molar-refractivity contribution in [1.82, 2.24) is 15.0 Å². The summed E-state index contributed by atoms with van der Waals surface area (Å²) < 4.78 is 0. The Balaban J connectivity index is 1.64. The van der Waals surface area contributed by atoms with Gasteiger partial charge in [0.15, 0.2) is 5.82 Å². The second-order valence-corrected chi connectivity index (χ2v) is 7.55. The van der Waals surface area contributed by atoms with Crippen LogP contribution in [-0.4, -0.2) is 59.3 Å². The first-order valence-corrected chi connectivity index (χ1v) is 10.1. The molecule has 0 amide bonds. The van der Waals surface area contributed by atoms with Gasteiger partial charge < -0.3 is 20.4 Å². The molecule has 11 heteroatoms. The van der Waals surface area contributed by atoms with E-state index in [1.165, 1.54) is 42.9 Å². The smallest absolute Gasteiger partial charge is 0.335 e. The number of carboxylic acids is 4. The zero-order valence-corrected chi connectivity index (χ0v) is 18.1. The van der Waals surface area contributed by atoms with E-state index >= 15 is 0 Å². The van der Waals surface area contributed by atoms with Gasteiger partial charge in [0.05, 0.1) is 27.9 Å². The molecule has 2 aromatic heterocycles. The third-order valence-electron chi connectivity index (χ3n) is 5.16. The molecule has 11 nitrogen and oxygen atoms in total. The molecule has 0 saturated heterocycles. The molecule has 2 heterocycles. The highest BCUT2D eigenvalue weighted by atomic mass is 16.4. The van der Waals surface area contributed by atoms with Crippen LogP contribution in [0.5, 0.6) is 0 Å². The van der Waals surface area contributed by atoms with Crippen molar-refractivity contribution in [2.75, 3.05) is 0 Å². The van der Waals surface area contributed by atoms with Crippen LogP contribution in [-0.2, 0) is 0 Å². The van der Waals surface area contributed by atoms with Crippen molar-refractivity contribution in [1.29, 1.82) is 0 Å². The Bertz CT molecular complexity index is 1350. The topological polar surface area (TPSA) is 188 Å². The monoisotopic (exact) mass is 485 g/mol. The van der Waals surface area contributed by atoms with Gasteiger partial charge in [-0.15, -0.1) is 0 Å². The summed E-state index contributed by atoms with van der Waals surface area (Å²) in [5, 5.41) is 37.0. The molecule has 0 aliphatic carbocycles. The lowest BCUT2D eigenvalue weighted by Gasteiger charge is -2.08. The van der Waals surface area contributed by atoms with E-state index in [0.717, 1.165) is 12.1 Å². The molecular formula is C25H15N3O8. The molecule has 0 atom stereocenters. The van der Waals surface area contributed by atoms with Crippen molar-refractivity contribution in [3.8, 4) is 33.8 Å². The second-order valence-electron chi connectivity index (χ2n) is 7.55. The van der Waals surface area contributed by atoms with Crippen LogP contribution >= 0.6 is 0 Å². The number of aromatic nitrogens is 3. The Morgan fingerprint density at radius 2 is 0.889 bits per heavy atom. The van der Waals surface area contributed by atoms with Gasteiger partial charge in [0, 0.05) is 35.3 Å². The average molecular weight is 485 g/mol. The highest BCUT2D eigenvalue weighted by molar-refractivity contribution is 5.97. The van der Waals surface area contributed by atoms with Gasteiger partial charge in [-0.25, -0.2) is 29.1 Å². The summed E-state index contributed by atoms with van der Waals surface area (Å²) in [6.07, 6.45) is 4.32. The third kappa shape index (κ3) is 4.89. The minimum Gasteiger partial charge on any atom is -0.478 e. The molecule has 0 aliphatic heterocycles. The Morgan fingerprint density at radius 1 is 0.472 bits per heavy atom. The average Bonchev–Trinajstić information content (AvgIpc) is 2.88. The Morgan fingerprint density at radius 3 is 1.28 bits per heavy atom. The predicted octanol–water partition coefficient (Wildman–Crippen LogP) is 3.67. The number of carboxylic acid groups (broad SMARTS) is 4. The van der Waals surface area contributed by atoms with Crippen molar-refractivity contribution in [2.24, 2.45) is 0 Å². The molecule has 0 aliphatic rings. The molecule has 178 valence electrons. The van der Waals surface area contributed by atoms with Crippen LogP contribution in [0, 0.1) is 0 Å². The molecule has 4 rings (SSSR count). The summed E-state index contributed by atoms with van der Waals surface area (Å²) in [6.45, 7) is 0. The van der Waals surface area contributed by atoms with Crippen molar-refractivity contribution in [3.63, 3.8) is 0 Å². The van der Waals surface area contributed by atoms with E-state index in [4.69, 9.17) is 0 Å². The molecule has 4 N–H and O–H groups in total. The number of pyridine rings is 1. The van der Waals surface area contributed by atoms with E-state index in [-0.39, 0.29) is 33.6 Å². The summed E-state index contributed by atoms with van der Waals surface area (Å²) >= 11 is 0. The normalized spacial score (nSPS) is 10.6. The fourth-order valence-corrected chi connectivity index (χ4v) is 3.39. The van der Waals surface area contributed by atoms with E-state index in [2.05, 4.69) is 15.0 Å². The third-order valence-corrected chi connectivity index (χ3v) is 5.16. The Labute approximate surface area is 202 Å². The van der Waals surface area contributed by atoms with Crippen molar-refractivity contribution >= 4 is 23.9 Å². The lowest BCUT2D eigenvalue weighted by atomic mass is 10.0. The summed E-state index contributed by atoms with van der Waals surface area (Å²) in [5.74, 6) is -4.97. The summed E-state index contributed by atoms with van der Waals surface area (Å²) in [7, 11) is 0. The van der Waals surface area contributed by atoms with Crippen LogP contribution < -0.4 is 0 Å². The van der Waals surface area contributed by atoms with Gasteiger partial charge in [0.2, 0.25) is 0 Å². The van der Waals surface area contributed by atoms with Gasteiger partial charge in [0.25, 0.3) is 0 Å². The van der Waals surface area contributed by atoms with Crippen molar-refractivity contribution in [3.05, 3.63) is 89.4 Å². The summed E-state index contributed by atoms with van der Waals surface area (Å²) in [5.41, 5.74) is 1.27. The maximum absolute atomic E-state index is 11.4. The zero-order valence-electron chi connectivity index (χ0n) is 18.1.